The average molecular weight is 182 g/mol. The number of epoxide rings is 1. The van der Waals surface area contributed by atoms with Gasteiger partial charge in [-0.15, -0.1) is 6.58 Å². The molecule has 2 nitrogen and oxygen atoms in total. The Morgan fingerprint density at radius 1 is 1.38 bits per heavy atom. The molecule has 3 unspecified atom stereocenters. The molecule has 3 atom stereocenters. The molecular weight excluding hydrogens is 164 g/mol. The zero-order valence-corrected chi connectivity index (χ0v) is 8.51. The smallest absolute Gasteiger partial charge is 0.0938 e. The van der Waals surface area contributed by atoms with E-state index in [4.69, 9.17) is 9.47 Å². The van der Waals surface area contributed by atoms with Gasteiger partial charge in [-0.1, -0.05) is 6.08 Å². The highest BCUT2D eigenvalue weighted by Crippen LogP contribution is 2.42. The summed E-state index contributed by atoms with van der Waals surface area (Å²) in [6.07, 6.45) is 4.18. The van der Waals surface area contributed by atoms with E-state index in [-0.39, 0.29) is 11.2 Å². The summed E-state index contributed by atoms with van der Waals surface area (Å²) in [5.41, 5.74) is 0.0320. The molecule has 0 saturated carbocycles. The van der Waals surface area contributed by atoms with Crippen LogP contribution in [-0.4, -0.2) is 24.4 Å². The molecule has 74 valence electrons. The standard InChI is InChI=1S/C11H18O2/c1-4-10(2)6-5-9(7-12-10)11(3)8-13-11/h4,9H,1,5-8H2,2-3H3. The molecular formula is C11H18O2. The third-order valence-electron chi connectivity index (χ3n) is 3.50. The van der Waals surface area contributed by atoms with Crippen molar-refractivity contribution in [3.8, 4) is 0 Å². The quantitative estimate of drug-likeness (QED) is 0.482. The Labute approximate surface area is 79.9 Å². The monoisotopic (exact) mass is 182 g/mol. The summed E-state index contributed by atoms with van der Waals surface area (Å²) in [5, 5.41) is 0. The highest BCUT2D eigenvalue weighted by atomic mass is 16.6. The second-order valence-electron chi connectivity index (χ2n) is 4.66. The molecule has 2 rings (SSSR count). The van der Waals surface area contributed by atoms with Crippen LogP contribution >= 0.6 is 0 Å². The van der Waals surface area contributed by atoms with Gasteiger partial charge in [0, 0.05) is 5.92 Å². The van der Waals surface area contributed by atoms with Gasteiger partial charge in [-0.2, -0.15) is 0 Å². The first kappa shape index (κ1) is 9.22. The Morgan fingerprint density at radius 2 is 2.08 bits per heavy atom. The van der Waals surface area contributed by atoms with Crippen LogP contribution in [0.3, 0.4) is 0 Å². The molecule has 2 heteroatoms. The zero-order chi connectivity index (χ0) is 9.53. The van der Waals surface area contributed by atoms with Gasteiger partial charge in [-0.3, -0.25) is 0 Å². The molecule has 2 heterocycles. The van der Waals surface area contributed by atoms with Crippen LogP contribution in [0.5, 0.6) is 0 Å². The van der Waals surface area contributed by atoms with E-state index >= 15 is 0 Å². The van der Waals surface area contributed by atoms with Crippen LogP contribution in [0, 0.1) is 5.92 Å². The van der Waals surface area contributed by atoms with Gasteiger partial charge in [-0.25, -0.2) is 0 Å². The lowest BCUT2D eigenvalue weighted by Crippen LogP contribution is -2.39. The molecule has 0 aromatic carbocycles. The maximum absolute atomic E-state index is 5.80. The van der Waals surface area contributed by atoms with E-state index in [0.29, 0.717) is 5.92 Å². The Hall–Kier alpha value is -0.340. The van der Waals surface area contributed by atoms with Crippen LogP contribution in [0.4, 0.5) is 0 Å². The fraction of sp³-hybridized carbons (Fsp3) is 0.818. The summed E-state index contributed by atoms with van der Waals surface area (Å²) in [7, 11) is 0. The van der Waals surface area contributed by atoms with Crippen LogP contribution in [-0.2, 0) is 9.47 Å². The van der Waals surface area contributed by atoms with Crippen molar-refractivity contribution in [1.82, 2.24) is 0 Å². The zero-order valence-electron chi connectivity index (χ0n) is 8.51. The van der Waals surface area contributed by atoms with Crippen molar-refractivity contribution in [3.05, 3.63) is 12.7 Å². The van der Waals surface area contributed by atoms with Crippen molar-refractivity contribution in [3.63, 3.8) is 0 Å². The van der Waals surface area contributed by atoms with Crippen molar-refractivity contribution in [1.29, 1.82) is 0 Å². The van der Waals surface area contributed by atoms with E-state index in [1.807, 2.05) is 6.08 Å². The van der Waals surface area contributed by atoms with Crippen LogP contribution in [0.25, 0.3) is 0 Å². The van der Waals surface area contributed by atoms with Crippen molar-refractivity contribution in [2.75, 3.05) is 13.2 Å². The molecule has 2 aliphatic rings. The number of hydrogen-bond donors (Lipinski definition) is 0. The van der Waals surface area contributed by atoms with Gasteiger partial charge in [0.1, 0.15) is 0 Å². The Morgan fingerprint density at radius 3 is 2.46 bits per heavy atom. The maximum atomic E-state index is 5.80. The van der Waals surface area contributed by atoms with Crippen molar-refractivity contribution in [2.45, 2.75) is 37.9 Å². The Kier molecular flexibility index (Phi) is 2.00. The van der Waals surface area contributed by atoms with Gasteiger partial charge in [-0.05, 0) is 26.7 Å². The molecule has 0 bridgehead atoms. The van der Waals surface area contributed by atoms with Gasteiger partial charge in [0.15, 0.2) is 0 Å². The van der Waals surface area contributed by atoms with Crippen LogP contribution in [0.15, 0.2) is 12.7 Å². The third-order valence-corrected chi connectivity index (χ3v) is 3.50. The molecule has 0 N–H and O–H groups in total. The predicted molar refractivity (Wildman–Crippen MR) is 51.6 cm³/mol. The highest BCUT2D eigenvalue weighted by Gasteiger charge is 2.49. The number of hydrogen-bond acceptors (Lipinski definition) is 2. The first-order valence-electron chi connectivity index (χ1n) is 4.99. The van der Waals surface area contributed by atoms with Gasteiger partial charge in [0.25, 0.3) is 0 Å². The minimum absolute atomic E-state index is 0.0955. The summed E-state index contributed by atoms with van der Waals surface area (Å²) in [5.74, 6) is 0.584. The van der Waals surface area contributed by atoms with Crippen LogP contribution in [0.1, 0.15) is 26.7 Å². The maximum Gasteiger partial charge on any atom is 0.0938 e. The molecule has 2 saturated heterocycles. The molecule has 0 amide bonds. The van der Waals surface area contributed by atoms with E-state index in [1.54, 1.807) is 0 Å². The lowest BCUT2D eigenvalue weighted by atomic mass is 9.84. The topological polar surface area (TPSA) is 21.8 Å². The Bertz CT molecular complexity index is 210. The van der Waals surface area contributed by atoms with E-state index in [2.05, 4.69) is 20.4 Å². The van der Waals surface area contributed by atoms with E-state index in [9.17, 15) is 0 Å². The van der Waals surface area contributed by atoms with Crippen LogP contribution in [0.2, 0.25) is 0 Å². The van der Waals surface area contributed by atoms with Crippen molar-refractivity contribution in [2.24, 2.45) is 5.92 Å². The summed E-state index contributed by atoms with van der Waals surface area (Å²) in [6, 6.07) is 0. The SMILES string of the molecule is C=CC1(C)CCC(C2(C)CO2)CO1. The fourth-order valence-electron chi connectivity index (χ4n) is 1.90. The van der Waals surface area contributed by atoms with Crippen LogP contribution < -0.4 is 0 Å². The first-order chi connectivity index (χ1) is 6.08. The predicted octanol–water partition coefficient (Wildman–Crippen LogP) is 2.15. The Balaban J connectivity index is 1.92. The van der Waals surface area contributed by atoms with Crippen molar-refractivity contribution < 1.29 is 9.47 Å². The molecule has 2 aliphatic heterocycles. The van der Waals surface area contributed by atoms with E-state index in [1.165, 1.54) is 6.42 Å². The molecule has 2 fully saturated rings. The van der Waals surface area contributed by atoms with Crippen molar-refractivity contribution >= 4 is 0 Å². The third kappa shape index (κ3) is 1.65. The largest absolute Gasteiger partial charge is 0.371 e. The first-order valence-corrected chi connectivity index (χ1v) is 4.99. The van der Waals surface area contributed by atoms with Gasteiger partial charge >= 0.3 is 0 Å². The molecule has 0 radical (unpaired) electrons. The summed E-state index contributed by atoms with van der Waals surface area (Å²) < 4.78 is 11.2. The van der Waals surface area contributed by atoms with Gasteiger partial charge in [0.2, 0.25) is 0 Å². The minimum atomic E-state index is -0.0955. The summed E-state index contributed by atoms with van der Waals surface area (Å²) >= 11 is 0. The fourth-order valence-corrected chi connectivity index (χ4v) is 1.90. The second-order valence-corrected chi connectivity index (χ2v) is 4.66. The molecule has 0 aromatic heterocycles. The second kappa shape index (κ2) is 2.82. The molecule has 0 aliphatic carbocycles. The lowest BCUT2D eigenvalue weighted by Gasteiger charge is -2.36. The normalized spacial score (nSPS) is 50.2. The lowest BCUT2D eigenvalue weighted by molar-refractivity contribution is -0.0722. The van der Waals surface area contributed by atoms with E-state index < -0.39 is 0 Å². The van der Waals surface area contributed by atoms with Gasteiger partial charge in [0.05, 0.1) is 24.4 Å². The number of rotatable bonds is 2. The average Bonchev–Trinajstić information content (AvgIpc) is 2.86. The van der Waals surface area contributed by atoms with E-state index in [0.717, 1.165) is 19.6 Å². The summed E-state index contributed by atoms with van der Waals surface area (Å²) in [6.45, 7) is 9.81. The molecule has 0 aromatic rings. The minimum Gasteiger partial charge on any atom is -0.371 e. The van der Waals surface area contributed by atoms with Gasteiger partial charge < -0.3 is 9.47 Å². The molecule has 0 spiro atoms. The number of ether oxygens (including phenoxy) is 2. The molecule has 13 heavy (non-hydrogen) atoms. The highest BCUT2D eigenvalue weighted by molar-refractivity contribution is 5.02. The summed E-state index contributed by atoms with van der Waals surface area (Å²) in [4.78, 5) is 0.